The van der Waals surface area contributed by atoms with Gasteiger partial charge in [0, 0.05) is 6.54 Å². The van der Waals surface area contributed by atoms with E-state index in [1.165, 1.54) is 0 Å². The fourth-order valence-electron chi connectivity index (χ4n) is 1.57. The molecule has 0 radical (unpaired) electrons. The molecule has 4 nitrogen and oxygen atoms in total. The first-order valence-electron chi connectivity index (χ1n) is 5.53. The smallest absolute Gasteiger partial charge is 0.216 e. The van der Waals surface area contributed by atoms with E-state index in [4.69, 9.17) is 0 Å². The van der Waals surface area contributed by atoms with Crippen LogP contribution in [0.15, 0.2) is 0 Å². The van der Waals surface area contributed by atoms with E-state index in [1.807, 2.05) is 0 Å². The second-order valence-electron chi connectivity index (χ2n) is 5.16. The predicted octanol–water partition coefficient (Wildman–Crippen LogP) is 0.704. The van der Waals surface area contributed by atoms with E-state index in [-0.39, 0.29) is 0 Å². The Morgan fingerprint density at radius 1 is 1.40 bits per heavy atom. The maximum absolute atomic E-state index is 11.7. The number of rotatable bonds is 4. The standard InChI is InChI=1S/C10H22N2O2S/c1-10(2,3)15(13,14)12-7-5-9-4-6-11-8-9/h9,11-12H,4-8H2,1-3H3. The maximum atomic E-state index is 11.7. The molecule has 0 bridgehead atoms. The van der Waals surface area contributed by atoms with Crippen molar-refractivity contribution in [2.75, 3.05) is 19.6 Å². The Kier molecular flexibility index (Phi) is 4.14. The van der Waals surface area contributed by atoms with Crippen LogP contribution >= 0.6 is 0 Å². The zero-order valence-corrected chi connectivity index (χ0v) is 10.7. The summed E-state index contributed by atoms with van der Waals surface area (Å²) in [6.07, 6.45) is 2.10. The highest BCUT2D eigenvalue weighted by molar-refractivity contribution is 7.90. The number of hydrogen-bond acceptors (Lipinski definition) is 3. The number of hydrogen-bond donors (Lipinski definition) is 2. The van der Waals surface area contributed by atoms with Crippen LogP contribution in [-0.2, 0) is 10.0 Å². The quantitative estimate of drug-likeness (QED) is 0.753. The fraction of sp³-hybridized carbons (Fsp3) is 1.00. The zero-order chi connectivity index (χ0) is 11.5. The molecule has 1 saturated heterocycles. The summed E-state index contributed by atoms with van der Waals surface area (Å²) in [7, 11) is -3.16. The average Bonchev–Trinajstić information content (AvgIpc) is 2.54. The molecule has 0 aromatic carbocycles. The van der Waals surface area contributed by atoms with Crippen molar-refractivity contribution in [2.24, 2.45) is 5.92 Å². The lowest BCUT2D eigenvalue weighted by molar-refractivity contribution is 0.507. The molecule has 90 valence electrons. The number of sulfonamides is 1. The van der Waals surface area contributed by atoms with Crippen LogP contribution in [0.5, 0.6) is 0 Å². The molecule has 1 heterocycles. The van der Waals surface area contributed by atoms with Crippen LogP contribution in [0.25, 0.3) is 0 Å². The fourth-order valence-corrected chi connectivity index (χ4v) is 2.39. The Morgan fingerprint density at radius 3 is 2.53 bits per heavy atom. The molecule has 1 rings (SSSR count). The highest BCUT2D eigenvalue weighted by atomic mass is 32.2. The zero-order valence-electron chi connectivity index (χ0n) is 9.84. The van der Waals surface area contributed by atoms with Crippen molar-refractivity contribution in [1.82, 2.24) is 10.0 Å². The van der Waals surface area contributed by atoms with Gasteiger partial charge in [-0.25, -0.2) is 13.1 Å². The highest BCUT2D eigenvalue weighted by Crippen LogP contribution is 2.15. The van der Waals surface area contributed by atoms with Gasteiger partial charge < -0.3 is 5.32 Å². The normalized spacial score (nSPS) is 23.3. The van der Waals surface area contributed by atoms with Crippen molar-refractivity contribution in [1.29, 1.82) is 0 Å². The molecule has 1 aliphatic rings. The van der Waals surface area contributed by atoms with Crippen molar-refractivity contribution in [3.8, 4) is 0 Å². The topological polar surface area (TPSA) is 58.2 Å². The largest absolute Gasteiger partial charge is 0.316 e. The first-order valence-corrected chi connectivity index (χ1v) is 7.01. The maximum Gasteiger partial charge on any atom is 0.216 e. The molecule has 1 atom stereocenters. The van der Waals surface area contributed by atoms with Crippen molar-refractivity contribution in [3.05, 3.63) is 0 Å². The van der Waals surface area contributed by atoms with Gasteiger partial charge in [0.2, 0.25) is 10.0 Å². The summed E-state index contributed by atoms with van der Waals surface area (Å²) in [5, 5.41) is 3.27. The molecule has 1 aliphatic heterocycles. The Bertz CT molecular complexity index is 287. The minimum absolute atomic E-state index is 0.561. The second-order valence-corrected chi connectivity index (χ2v) is 7.68. The molecule has 0 aliphatic carbocycles. The van der Waals surface area contributed by atoms with E-state index in [2.05, 4.69) is 10.0 Å². The van der Waals surface area contributed by atoms with E-state index in [0.717, 1.165) is 25.9 Å². The molecule has 0 aromatic rings. The lowest BCUT2D eigenvalue weighted by Crippen LogP contribution is -2.40. The van der Waals surface area contributed by atoms with E-state index in [1.54, 1.807) is 20.8 Å². The summed E-state index contributed by atoms with van der Waals surface area (Å²) in [6, 6.07) is 0. The molecule has 0 amide bonds. The third-order valence-corrected chi connectivity index (χ3v) is 5.01. The second kappa shape index (κ2) is 4.80. The van der Waals surface area contributed by atoms with Gasteiger partial charge in [0.15, 0.2) is 0 Å². The molecule has 5 heteroatoms. The van der Waals surface area contributed by atoms with Gasteiger partial charge in [-0.3, -0.25) is 0 Å². The highest BCUT2D eigenvalue weighted by Gasteiger charge is 2.28. The van der Waals surface area contributed by atoms with E-state index in [9.17, 15) is 8.42 Å². The Labute approximate surface area is 92.9 Å². The minimum Gasteiger partial charge on any atom is -0.316 e. The van der Waals surface area contributed by atoms with Gasteiger partial charge in [-0.2, -0.15) is 0 Å². The van der Waals surface area contributed by atoms with Crippen LogP contribution in [-0.4, -0.2) is 32.8 Å². The molecule has 15 heavy (non-hydrogen) atoms. The van der Waals surface area contributed by atoms with Gasteiger partial charge >= 0.3 is 0 Å². The molecule has 0 spiro atoms. The molecule has 0 aromatic heterocycles. The SMILES string of the molecule is CC(C)(C)S(=O)(=O)NCCC1CCNC1. The number of nitrogens with one attached hydrogen (secondary N) is 2. The van der Waals surface area contributed by atoms with Gasteiger partial charge in [0.25, 0.3) is 0 Å². The van der Waals surface area contributed by atoms with Crippen LogP contribution in [0.2, 0.25) is 0 Å². The van der Waals surface area contributed by atoms with Crippen molar-refractivity contribution < 1.29 is 8.42 Å². The average molecular weight is 234 g/mol. The van der Waals surface area contributed by atoms with E-state index in [0.29, 0.717) is 12.5 Å². The summed E-state index contributed by atoms with van der Waals surface area (Å²) < 4.78 is 25.4. The lowest BCUT2D eigenvalue weighted by atomic mass is 10.1. The summed E-state index contributed by atoms with van der Waals surface area (Å²) in [6.45, 7) is 7.80. The van der Waals surface area contributed by atoms with Crippen molar-refractivity contribution >= 4 is 10.0 Å². The van der Waals surface area contributed by atoms with Crippen molar-refractivity contribution in [3.63, 3.8) is 0 Å². The third kappa shape index (κ3) is 3.74. The van der Waals surface area contributed by atoms with Gasteiger partial charge in [-0.1, -0.05) is 0 Å². The molecule has 1 unspecified atom stereocenters. The lowest BCUT2D eigenvalue weighted by Gasteiger charge is -2.20. The first kappa shape index (κ1) is 12.9. The van der Waals surface area contributed by atoms with Crippen LogP contribution in [0.1, 0.15) is 33.6 Å². The summed E-state index contributed by atoms with van der Waals surface area (Å²) in [4.78, 5) is 0. The molecule has 0 saturated carbocycles. The van der Waals surface area contributed by atoms with Gasteiger partial charge in [-0.05, 0) is 52.6 Å². The summed E-state index contributed by atoms with van der Waals surface area (Å²) >= 11 is 0. The van der Waals surface area contributed by atoms with Crippen LogP contribution in [0.4, 0.5) is 0 Å². The molecule has 1 fully saturated rings. The monoisotopic (exact) mass is 234 g/mol. The van der Waals surface area contributed by atoms with Gasteiger partial charge in [0.1, 0.15) is 0 Å². The summed E-state index contributed by atoms with van der Waals surface area (Å²) in [5.41, 5.74) is 0. The van der Waals surface area contributed by atoms with Crippen molar-refractivity contribution in [2.45, 2.75) is 38.4 Å². The Hall–Kier alpha value is -0.130. The van der Waals surface area contributed by atoms with Gasteiger partial charge in [-0.15, -0.1) is 0 Å². The molecular formula is C10H22N2O2S. The Balaban J connectivity index is 2.30. The predicted molar refractivity (Wildman–Crippen MR) is 62.3 cm³/mol. The van der Waals surface area contributed by atoms with Crippen LogP contribution in [0, 0.1) is 5.92 Å². The molecule has 2 N–H and O–H groups in total. The van der Waals surface area contributed by atoms with E-state index < -0.39 is 14.8 Å². The van der Waals surface area contributed by atoms with Crippen LogP contribution in [0.3, 0.4) is 0 Å². The summed E-state index contributed by atoms with van der Waals surface area (Å²) in [5.74, 6) is 0.632. The third-order valence-electron chi connectivity index (χ3n) is 2.81. The van der Waals surface area contributed by atoms with E-state index >= 15 is 0 Å². The minimum atomic E-state index is -3.16. The Morgan fingerprint density at radius 2 is 2.07 bits per heavy atom. The first-order chi connectivity index (χ1) is 6.83. The molecular weight excluding hydrogens is 212 g/mol. The van der Waals surface area contributed by atoms with Crippen LogP contribution < -0.4 is 10.0 Å². The van der Waals surface area contributed by atoms with Gasteiger partial charge in [0.05, 0.1) is 4.75 Å².